The van der Waals surface area contributed by atoms with Crippen LogP contribution in [0.15, 0.2) is 24.5 Å². The zero-order valence-electron chi connectivity index (χ0n) is 9.91. The third kappa shape index (κ3) is 7.53. The lowest BCUT2D eigenvalue weighted by Gasteiger charge is -1.98. The Morgan fingerprint density at radius 1 is 1.59 bits per heavy atom. The highest BCUT2D eigenvalue weighted by atomic mass is 31.1. The lowest BCUT2D eigenvalue weighted by atomic mass is 10.2. The smallest absolute Gasteiger partial charge is 0.264 e. The van der Waals surface area contributed by atoms with E-state index in [1.807, 2.05) is 0 Å². The molecule has 0 radical (unpaired) electrons. The first-order valence-corrected chi connectivity index (χ1v) is 6.41. The van der Waals surface area contributed by atoms with Crippen LogP contribution in [0.5, 0.6) is 0 Å². The van der Waals surface area contributed by atoms with E-state index in [-0.39, 0.29) is 0 Å². The first-order valence-electron chi connectivity index (χ1n) is 5.28. The average molecular weight is 255 g/mol. The summed E-state index contributed by atoms with van der Waals surface area (Å²) in [5, 5.41) is 8.59. The molecule has 1 heterocycles. The molecule has 2 atom stereocenters. The van der Waals surface area contributed by atoms with Crippen molar-refractivity contribution in [2.75, 3.05) is 0 Å². The Hall–Kier alpha value is -1.34. The summed E-state index contributed by atoms with van der Waals surface area (Å²) in [6.45, 7) is 4.36. The fourth-order valence-corrected chi connectivity index (χ4v) is 1.13. The van der Waals surface area contributed by atoms with Gasteiger partial charge in [-0.25, -0.2) is 0 Å². The second-order valence-corrected chi connectivity index (χ2v) is 3.83. The minimum absolute atomic E-state index is 0.461. The highest BCUT2D eigenvalue weighted by molar-refractivity contribution is 7.32. The van der Waals surface area contributed by atoms with E-state index >= 15 is 0 Å². The van der Waals surface area contributed by atoms with Crippen molar-refractivity contribution in [3.8, 4) is 6.07 Å². The Balaban J connectivity index is 0.000000557. The highest BCUT2D eigenvalue weighted by Gasteiger charge is 2.24. The molecule has 1 aromatic rings. The summed E-state index contributed by atoms with van der Waals surface area (Å²) in [6, 6.07) is 4.96. The Kier molecular flexibility index (Phi) is 9.08. The van der Waals surface area contributed by atoms with Crippen LogP contribution in [-0.4, -0.2) is 9.88 Å². The molecule has 1 N–H and O–H groups in total. The first-order chi connectivity index (χ1) is 8.15. The minimum atomic E-state index is -2.77. The standard InChI is InChI=1S/C7H5N2O3P.C4H10/c8-4-7(12-13(10)11)6-2-1-3-9-5-6;1-3-4-2/h1-3,5,7H;3-4H2,1-2H3/p+1. The third-order valence-electron chi connectivity index (χ3n) is 1.80. The van der Waals surface area contributed by atoms with Crippen molar-refractivity contribution in [2.45, 2.75) is 32.8 Å². The molecule has 1 rings (SSSR count). The number of rotatable bonds is 4. The highest BCUT2D eigenvalue weighted by Crippen LogP contribution is 2.27. The SMILES string of the molecule is CCCC.N#CC(O[P+](=O)O)c1cccnc1. The lowest BCUT2D eigenvalue weighted by Crippen LogP contribution is -1.96. The van der Waals surface area contributed by atoms with Gasteiger partial charge in [-0.1, -0.05) is 37.3 Å². The summed E-state index contributed by atoms with van der Waals surface area (Å²) in [7, 11) is -2.77. The second kappa shape index (κ2) is 9.86. The van der Waals surface area contributed by atoms with E-state index in [0.717, 1.165) is 0 Å². The Morgan fingerprint density at radius 2 is 2.24 bits per heavy atom. The van der Waals surface area contributed by atoms with Crippen LogP contribution in [0, 0.1) is 11.3 Å². The van der Waals surface area contributed by atoms with E-state index in [1.165, 1.54) is 25.2 Å². The maximum absolute atomic E-state index is 10.3. The molecular weight excluding hydrogens is 239 g/mol. The monoisotopic (exact) mass is 255 g/mol. The second-order valence-electron chi connectivity index (χ2n) is 3.14. The maximum atomic E-state index is 10.3. The molecule has 0 aliphatic rings. The average Bonchev–Trinajstić information content (AvgIpc) is 2.37. The third-order valence-corrected chi connectivity index (χ3v) is 2.19. The number of nitrogens with zero attached hydrogens (tertiary/aromatic N) is 2. The van der Waals surface area contributed by atoms with Crippen LogP contribution in [0.4, 0.5) is 0 Å². The number of nitriles is 1. The van der Waals surface area contributed by atoms with Gasteiger partial charge in [-0.2, -0.15) is 5.26 Å². The Bertz CT molecular complexity index is 363. The van der Waals surface area contributed by atoms with Gasteiger partial charge in [0.2, 0.25) is 6.10 Å². The van der Waals surface area contributed by atoms with Crippen LogP contribution in [0.25, 0.3) is 0 Å². The van der Waals surface area contributed by atoms with Gasteiger partial charge in [0.15, 0.2) is 0 Å². The van der Waals surface area contributed by atoms with E-state index in [2.05, 4.69) is 23.4 Å². The first kappa shape index (κ1) is 15.7. The predicted molar refractivity (Wildman–Crippen MR) is 64.1 cm³/mol. The topological polar surface area (TPSA) is 83.2 Å². The van der Waals surface area contributed by atoms with Crippen molar-refractivity contribution in [3.05, 3.63) is 30.1 Å². The van der Waals surface area contributed by atoms with Gasteiger partial charge in [0.1, 0.15) is 6.07 Å². The molecule has 0 fully saturated rings. The van der Waals surface area contributed by atoms with Crippen LogP contribution in [-0.2, 0) is 9.09 Å². The van der Waals surface area contributed by atoms with Gasteiger partial charge in [0, 0.05) is 22.5 Å². The molecule has 6 heteroatoms. The fraction of sp³-hybridized carbons (Fsp3) is 0.455. The van der Waals surface area contributed by atoms with Crippen molar-refractivity contribution >= 4 is 8.25 Å². The van der Waals surface area contributed by atoms with E-state index in [9.17, 15) is 4.57 Å². The van der Waals surface area contributed by atoms with Gasteiger partial charge in [0.25, 0.3) is 0 Å². The normalized spacial score (nSPS) is 11.8. The van der Waals surface area contributed by atoms with Crippen LogP contribution in [0.2, 0.25) is 0 Å². The number of unbranched alkanes of at least 4 members (excludes halogenated alkanes) is 1. The fourth-order valence-electron chi connectivity index (χ4n) is 0.780. The molecule has 0 saturated heterocycles. The summed E-state index contributed by atoms with van der Waals surface area (Å²) in [4.78, 5) is 12.2. The molecule has 1 aromatic heterocycles. The largest absolute Gasteiger partial charge is 0.696 e. The molecule has 92 valence electrons. The van der Waals surface area contributed by atoms with Gasteiger partial charge in [-0.15, -0.1) is 4.89 Å². The van der Waals surface area contributed by atoms with E-state index < -0.39 is 14.4 Å². The molecule has 0 bridgehead atoms. The summed E-state index contributed by atoms with van der Waals surface area (Å²) >= 11 is 0. The molecule has 17 heavy (non-hydrogen) atoms. The molecule has 0 aliphatic heterocycles. The summed E-state index contributed by atoms with van der Waals surface area (Å²) in [5.41, 5.74) is 0.461. The van der Waals surface area contributed by atoms with Crippen molar-refractivity contribution in [3.63, 3.8) is 0 Å². The zero-order chi connectivity index (χ0) is 13.1. The molecule has 2 unspecified atom stereocenters. The van der Waals surface area contributed by atoms with Crippen LogP contribution in [0.3, 0.4) is 0 Å². The van der Waals surface area contributed by atoms with Gasteiger partial charge in [0.05, 0.1) is 0 Å². The van der Waals surface area contributed by atoms with Gasteiger partial charge in [-0.05, 0) is 6.07 Å². The summed E-state index contributed by atoms with van der Waals surface area (Å²) < 4.78 is 14.7. The predicted octanol–water partition coefficient (Wildman–Crippen LogP) is 3.12. The molecule has 0 aliphatic carbocycles. The molecule has 0 saturated carbocycles. The Morgan fingerprint density at radius 3 is 2.59 bits per heavy atom. The number of aromatic nitrogens is 1. The molecule has 0 spiro atoms. The number of hydrogen-bond donors (Lipinski definition) is 1. The Labute approximate surface area is 102 Å². The number of hydrogen-bond acceptors (Lipinski definition) is 4. The van der Waals surface area contributed by atoms with Crippen molar-refractivity contribution in [1.82, 2.24) is 4.98 Å². The summed E-state index contributed by atoms with van der Waals surface area (Å²) in [6.07, 6.45) is 4.55. The van der Waals surface area contributed by atoms with Crippen LogP contribution in [0.1, 0.15) is 38.4 Å². The maximum Gasteiger partial charge on any atom is 0.696 e. The minimum Gasteiger partial charge on any atom is -0.264 e. The zero-order valence-corrected chi connectivity index (χ0v) is 10.8. The van der Waals surface area contributed by atoms with E-state index in [4.69, 9.17) is 10.2 Å². The number of pyridine rings is 1. The van der Waals surface area contributed by atoms with Gasteiger partial charge >= 0.3 is 8.25 Å². The lowest BCUT2D eigenvalue weighted by molar-refractivity contribution is 0.238. The van der Waals surface area contributed by atoms with Crippen molar-refractivity contribution < 1.29 is 14.0 Å². The summed E-state index contributed by atoms with van der Waals surface area (Å²) in [5.74, 6) is 0. The van der Waals surface area contributed by atoms with Gasteiger partial charge in [-0.3, -0.25) is 4.98 Å². The molecule has 0 amide bonds. The molecule has 0 aromatic carbocycles. The van der Waals surface area contributed by atoms with Crippen molar-refractivity contribution in [2.24, 2.45) is 0 Å². The van der Waals surface area contributed by atoms with E-state index in [0.29, 0.717) is 5.56 Å². The van der Waals surface area contributed by atoms with Crippen molar-refractivity contribution in [1.29, 1.82) is 5.26 Å². The molecular formula is C11H16N2O3P+. The van der Waals surface area contributed by atoms with Gasteiger partial charge < -0.3 is 0 Å². The van der Waals surface area contributed by atoms with Crippen LogP contribution >= 0.6 is 8.25 Å². The molecule has 5 nitrogen and oxygen atoms in total. The van der Waals surface area contributed by atoms with Crippen LogP contribution < -0.4 is 0 Å². The van der Waals surface area contributed by atoms with E-state index in [1.54, 1.807) is 18.2 Å². The quantitative estimate of drug-likeness (QED) is 0.835.